The van der Waals surface area contributed by atoms with Crippen LogP contribution in [-0.4, -0.2) is 46.6 Å². The average Bonchev–Trinajstić information content (AvgIpc) is 3.45. The van der Waals surface area contributed by atoms with Gasteiger partial charge in [0.25, 0.3) is 5.91 Å². The van der Waals surface area contributed by atoms with Crippen molar-refractivity contribution in [3.63, 3.8) is 0 Å². The largest absolute Gasteiger partial charge is 0.488 e. The zero-order valence-electron chi connectivity index (χ0n) is 25.8. The Morgan fingerprint density at radius 1 is 1.04 bits per heavy atom. The number of rotatable bonds is 11. The van der Waals surface area contributed by atoms with Crippen LogP contribution in [0.15, 0.2) is 67.0 Å². The minimum absolute atomic E-state index is 0.0833. The lowest BCUT2D eigenvalue weighted by molar-refractivity contribution is 0.0955. The molecular formula is C36H37ClN4O4. The Morgan fingerprint density at radius 2 is 1.80 bits per heavy atom. The van der Waals surface area contributed by atoms with Crippen LogP contribution in [0.2, 0.25) is 5.02 Å². The number of halogens is 1. The first kappa shape index (κ1) is 32.0. The van der Waals surface area contributed by atoms with Crippen LogP contribution < -0.4 is 14.8 Å². The Labute approximate surface area is 269 Å². The predicted molar refractivity (Wildman–Crippen MR) is 174 cm³/mol. The zero-order valence-corrected chi connectivity index (χ0v) is 26.5. The van der Waals surface area contributed by atoms with Gasteiger partial charge in [-0.25, -0.2) is 0 Å². The second-order valence-electron chi connectivity index (χ2n) is 11.3. The molecule has 1 aliphatic rings. The molecule has 1 amide bonds. The Kier molecular flexibility index (Phi) is 10.4. The van der Waals surface area contributed by atoms with E-state index in [1.807, 2.05) is 56.3 Å². The summed E-state index contributed by atoms with van der Waals surface area (Å²) in [5.74, 6) is 1.02. The van der Waals surface area contributed by atoms with E-state index in [1.165, 1.54) is 6.20 Å². The summed E-state index contributed by atoms with van der Waals surface area (Å²) in [7, 11) is 0. The molecule has 3 aromatic carbocycles. The van der Waals surface area contributed by atoms with Gasteiger partial charge < -0.3 is 19.9 Å². The van der Waals surface area contributed by atoms with Crippen LogP contribution in [0.3, 0.4) is 0 Å². The van der Waals surface area contributed by atoms with Crippen LogP contribution in [0, 0.1) is 25.2 Å². The average molecular weight is 625 g/mol. The van der Waals surface area contributed by atoms with Crippen LogP contribution in [0.25, 0.3) is 11.1 Å². The van der Waals surface area contributed by atoms with Crippen LogP contribution in [-0.2, 0) is 19.8 Å². The lowest BCUT2D eigenvalue weighted by Gasteiger charge is -2.20. The van der Waals surface area contributed by atoms with Gasteiger partial charge in [0.05, 0.1) is 16.7 Å². The molecule has 1 unspecified atom stereocenters. The van der Waals surface area contributed by atoms with Gasteiger partial charge in [0.15, 0.2) is 0 Å². The first-order valence-corrected chi connectivity index (χ1v) is 15.4. The molecule has 0 radical (unpaired) electrons. The Balaban J connectivity index is 1.39. The minimum atomic E-state index is -0.342. The molecule has 0 aliphatic carbocycles. The van der Waals surface area contributed by atoms with Gasteiger partial charge in [-0.2, -0.15) is 5.26 Å². The molecular weight excluding hydrogens is 588 g/mol. The van der Waals surface area contributed by atoms with Crippen molar-refractivity contribution in [1.29, 1.82) is 5.26 Å². The van der Waals surface area contributed by atoms with Gasteiger partial charge in [-0.05, 0) is 73.2 Å². The smallest absolute Gasteiger partial charge is 0.251 e. The highest BCUT2D eigenvalue weighted by molar-refractivity contribution is 6.32. The van der Waals surface area contributed by atoms with Gasteiger partial charge in [-0.15, -0.1) is 0 Å². The second kappa shape index (κ2) is 14.6. The van der Waals surface area contributed by atoms with E-state index >= 15 is 0 Å². The van der Waals surface area contributed by atoms with Crippen LogP contribution in [0.5, 0.6) is 11.5 Å². The molecule has 0 spiro atoms. The highest BCUT2D eigenvalue weighted by Gasteiger charge is 2.23. The maximum absolute atomic E-state index is 12.6. The van der Waals surface area contributed by atoms with Crippen molar-refractivity contribution >= 4 is 17.5 Å². The zero-order chi connectivity index (χ0) is 31.9. The van der Waals surface area contributed by atoms with Crippen molar-refractivity contribution in [2.24, 2.45) is 0 Å². The van der Waals surface area contributed by atoms with E-state index in [9.17, 15) is 15.2 Å². The number of nitrogens with one attached hydrogen (secondary N) is 1. The second-order valence-corrected chi connectivity index (χ2v) is 11.7. The standard InChI is InChI=1S/C36H37ClN4O4/c1-4-40-36(43)32-10-6-9-31(24(32)3)30-8-5-7-27(23(30)2)22-45-35-15-34(44-21-26-13-25(16-38)17-39-18-26)28(14-33(35)37)19-41-12-11-29(42)20-41/h5-10,13-15,17-18,29,42H,4,11-12,19-22H2,1-3H3,(H,40,43). The van der Waals surface area contributed by atoms with Crippen molar-refractivity contribution in [1.82, 2.24) is 15.2 Å². The normalized spacial score (nSPS) is 14.6. The lowest BCUT2D eigenvalue weighted by atomic mass is 9.91. The summed E-state index contributed by atoms with van der Waals surface area (Å²) in [6.45, 7) is 8.94. The number of aliphatic hydroxyl groups is 1. The third-order valence-corrected chi connectivity index (χ3v) is 8.41. The topological polar surface area (TPSA) is 108 Å². The fraction of sp³-hybridized carbons (Fsp3) is 0.306. The molecule has 2 N–H and O–H groups in total. The molecule has 1 aromatic heterocycles. The number of likely N-dealkylation sites (tertiary alicyclic amines) is 1. The fourth-order valence-electron chi connectivity index (χ4n) is 5.65. The number of pyridine rings is 1. The van der Waals surface area contributed by atoms with Gasteiger partial charge in [-0.1, -0.05) is 41.9 Å². The molecule has 1 atom stereocenters. The highest BCUT2D eigenvalue weighted by atomic mass is 35.5. The van der Waals surface area contributed by atoms with Gasteiger partial charge in [-0.3, -0.25) is 14.7 Å². The number of nitrogens with zero attached hydrogens (tertiary/aromatic N) is 3. The molecule has 1 aliphatic heterocycles. The molecule has 0 saturated carbocycles. The lowest BCUT2D eigenvalue weighted by Crippen LogP contribution is -2.23. The summed E-state index contributed by atoms with van der Waals surface area (Å²) in [4.78, 5) is 18.9. The monoisotopic (exact) mass is 624 g/mol. The molecule has 2 heterocycles. The van der Waals surface area contributed by atoms with E-state index in [0.717, 1.165) is 51.9 Å². The van der Waals surface area contributed by atoms with Gasteiger partial charge >= 0.3 is 0 Å². The molecule has 0 bridgehead atoms. The summed E-state index contributed by atoms with van der Waals surface area (Å²) < 4.78 is 12.6. The molecule has 45 heavy (non-hydrogen) atoms. The molecule has 232 valence electrons. The van der Waals surface area contributed by atoms with E-state index in [-0.39, 0.29) is 25.2 Å². The molecule has 9 heteroatoms. The fourth-order valence-corrected chi connectivity index (χ4v) is 5.89. The van der Waals surface area contributed by atoms with Gasteiger partial charge in [0.2, 0.25) is 0 Å². The van der Waals surface area contributed by atoms with Crippen molar-refractivity contribution < 1.29 is 19.4 Å². The molecule has 4 aromatic rings. The van der Waals surface area contributed by atoms with Crippen molar-refractivity contribution in [2.75, 3.05) is 19.6 Å². The summed E-state index contributed by atoms with van der Waals surface area (Å²) in [5.41, 5.74) is 7.77. The number of ether oxygens (including phenoxy) is 2. The predicted octanol–water partition coefficient (Wildman–Crippen LogP) is 6.36. The number of hydrogen-bond donors (Lipinski definition) is 2. The number of β-amino-alcohol motifs (C(OH)–C–C–N with tert-alkyl or cyclic N) is 1. The number of hydrogen-bond acceptors (Lipinski definition) is 7. The van der Waals surface area contributed by atoms with Crippen LogP contribution in [0.4, 0.5) is 0 Å². The number of carbonyl (C=O) groups is 1. The van der Waals surface area contributed by atoms with E-state index in [1.54, 1.807) is 12.3 Å². The summed E-state index contributed by atoms with van der Waals surface area (Å²) in [6.07, 6.45) is 3.58. The van der Waals surface area contributed by atoms with E-state index in [0.29, 0.717) is 47.3 Å². The third kappa shape index (κ3) is 7.63. The minimum Gasteiger partial charge on any atom is -0.488 e. The third-order valence-electron chi connectivity index (χ3n) is 8.11. The molecule has 1 fully saturated rings. The number of carbonyl (C=O) groups excluding carboxylic acids is 1. The molecule has 5 rings (SSSR count). The summed E-state index contributed by atoms with van der Waals surface area (Å²) in [6, 6.07) is 19.4. The first-order chi connectivity index (χ1) is 21.8. The molecule has 1 saturated heterocycles. The Hall–Kier alpha value is -4.42. The maximum atomic E-state index is 12.6. The summed E-state index contributed by atoms with van der Waals surface area (Å²) >= 11 is 6.77. The Bertz CT molecular complexity index is 1740. The van der Waals surface area contributed by atoms with Gasteiger partial charge in [0.1, 0.15) is 30.8 Å². The highest BCUT2D eigenvalue weighted by Crippen LogP contribution is 2.36. The quantitative estimate of drug-likeness (QED) is 0.200. The number of aromatic nitrogens is 1. The van der Waals surface area contributed by atoms with E-state index in [4.69, 9.17) is 21.1 Å². The Morgan fingerprint density at radius 3 is 2.53 bits per heavy atom. The van der Waals surface area contributed by atoms with Crippen molar-refractivity contribution in [3.05, 3.63) is 111 Å². The SMILES string of the molecule is CCNC(=O)c1cccc(-c2cccc(COc3cc(OCc4cncc(C#N)c4)c(CN4CCC(O)C4)cc3Cl)c2C)c1C. The van der Waals surface area contributed by atoms with E-state index < -0.39 is 0 Å². The first-order valence-electron chi connectivity index (χ1n) is 15.1. The number of nitriles is 1. The molecule has 8 nitrogen and oxygen atoms in total. The van der Waals surface area contributed by atoms with Crippen LogP contribution >= 0.6 is 11.6 Å². The van der Waals surface area contributed by atoms with Crippen molar-refractivity contribution in [3.8, 4) is 28.7 Å². The number of aliphatic hydroxyl groups excluding tert-OH is 1. The van der Waals surface area contributed by atoms with Crippen LogP contribution in [0.1, 0.15) is 57.1 Å². The number of amides is 1. The maximum Gasteiger partial charge on any atom is 0.251 e. The van der Waals surface area contributed by atoms with Crippen molar-refractivity contribution in [2.45, 2.75) is 53.1 Å². The van der Waals surface area contributed by atoms with Gasteiger partial charge in [0, 0.05) is 61.3 Å². The number of benzene rings is 3. The summed E-state index contributed by atoms with van der Waals surface area (Å²) in [5, 5.41) is 22.7. The van der Waals surface area contributed by atoms with E-state index in [2.05, 4.69) is 34.3 Å².